The van der Waals surface area contributed by atoms with Crippen LogP contribution in [0.3, 0.4) is 0 Å². The van der Waals surface area contributed by atoms with Gasteiger partial charge in [0.05, 0.1) is 0 Å². The number of hydrogen-bond acceptors (Lipinski definition) is 2. The molecule has 0 spiro atoms. The Morgan fingerprint density at radius 2 is 2.29 bits per heavy atom. The van der Waals surface area contributed by atoms with Crippen LogP contribution in [0.5, 0.6) is 0 Å². The van der Waals surface area contributed by atoms with Crippen molar-refractivity contribution in [3.63, 3.8) is 0 Å². The van der Waals surface area contributed by atoms with Crippen molar-refractivity contribution in [2.45, 2.75) is 25.9 Å². The maximum Gasteiger partial charge on any atom is 0.0409 e. The molecule has 0 bridgehead atoms. The van der Waals surface area contributed by atoms with Crippen molar-refractivity contribution in [3.8, 4) is 0 Å². The Morgan fingerprint density at radius 1 is 1.47 bits per heavy atom. The molecule has 1 aliphatic rings. The molecule has 2 rings (SSSR count). The van der Waals surface area contributed by atoms with Crippen LogP contribution in [0, 0.1) is 5.92 Å². The van der Waals surface area contributed by atoms with Crippen LogP contribution >= 0.6 is 11.6 Å². The second kappa shape index (κ2) is 5.85. The lowest BCUT2D eigenvalue weighted by atomic mass is 9.94. The van der Waals surface area contributed by atoms with E-state index in [2.05, 4.69) is 36.3 Å². The monoisotopic (exact) mass is 252 g/mol. The van der Waals surface area contributed by atoms with Crippen LogP contribution < -0.4 is 5.32 Å². The Hall–Kier alpha value is -0.570. The summed E-state index contributed by atoms with van der Waals surface area (Å²) in [6.07, 6.45) is 1.23. The van der Waals surface area contributed by atoms with Gasteiger partial charge in [0.15, 0.2) is 0 Å². The standard InChI is InChI=1S/C14H21ClN2/c1-11-9-17(7-6-14(11)16-2)10-12-4-3-5-13(15)8-12/h3-5,8,11,14,16H,6-7,9-10H2,1-2H3. The van der Waals surface area contributed by atoms with E-state index in [-0.39, 0.29) is 0 Å². The number of likely N-dealkylation sites (tertiary alicyclic amines) is 1. The highest BCUT2D eigenvalue weighted by molar-refractivity contribution is 6.30. The summed E-state index contributed by atoms with van der Waals surface area (Å²) < 4.78 is 0. The Labute approximate surface area is 109 Å². The largest absolute Gasteiger partial charge is 0.317 e. The van der Waals surface area contributed by atoms with E-state index in [0.29, 0.717) is 12.0 Å². The number of nitrogens with zero attached hydrogens (tertiary/aromatic N) is 1. The third kappa shape index (κ3) is 3.44. The van der Waals surface area contributed by atoms with Gasteiger partial charge in [0.2, 0.25) is 0 Å². The van der Waals surface area contributed by atoms with Gasteiger partial charge in [0.25, 0.3) is 0 Å². The number of nitrogens with one attached hydrogen (secondary N) is 1. The smallest absolute Gasteiger partial charge is 0.0409 e. The molecule has 0 amide bonds. The molecule has 17 heavy (non-hydrogen) atoms. The Balaban J connectivity index is 1.93. The first-order valence-corrected chi connectivity index (χ1v) is 6.71. The molecule has 2 unspecified atom stereocenters. The predicted molar refractivity (Wildman–Crippen MR) is 73.4 cm³/mol. The van der Waals surface area contributed by atoms with Crippen LogP contribution in [0.1, 0.15) is 18.9 Å². The van der Waals surface area contributed by atoms with E-state index in [0.717, 1.165) is 18.1 Å². The number of benzene rings is 1. The third-order valence-corrected chi connectivity index (χ3v) is 3.89. The Kier molecular flexibility index (Phi) is 4.43. The second-order valence-electron chi connectivity index (χ2n) is 5.03. The normalized spacial score (nSPS) is 26.1. The summed E-state index contributed by atoms with van der Waals surface area (Å²) in [5.74, 6) is 0.716. The molecule has 3 heteroatoms. The summed E-state index contributed by atoms with van der Waals surface area (Å²) in [7, 11) is 2.06. The molecular formula is C14H21ClN2. The highest BCUT2D eigenvalue weighted by atomic mass is 35.5. The summed E-state index contributed by atoms with van der Waals surface area (Å²) in [6, 6.07) is 8.85. The van der Waals surface area contributed by atoms with Crippen LogP contribution in [0.15, 0.2) is 24.3 Å². The zero-order valence-corrected chi connectivity index (χ0v) is 11.4. The van der Waals surface area contributed by atoms with Crippen LogP contribution in [-0.2, 0) is 6.54 Å². The molecule has 1 heterocycles. The molecule has 1 aromatic rings. The minimum Gasteiger partial charge on any atom is -0.317 e. The summed E-state index contributed by atoms with van der Waals surface area (Å²) >= 11 is 6.01. The number of halogens is 1. The molecule has 2 nitrogen and oxygen atoms in total. The summed E-state index contributed by atoms with van der Waals surface area (Å²) in [5.41, 5.74) is 1.31. The fourth-order valence-corrected chi connectivity index (χ4v) is 2.91. The van der Waals surface area contributed by atoms with E-state index in [9.17, 15) is 0 Å². The maximum atomic E-state index is 6.01. The fourth-order valence-electron chi connectivity index (χ4n) is 2.70. The van der Waals surface area contributed by atoms with Crippen molar-refractivity contribution < 1.29 is 0 Å². The van der Waals surface area contributed by atoms with Crippen LogP contribution in [0.2, 0.25) is 5.02 Å². The highest BCUT2D eigenvalue weighted by Crippen LogP contribution is 2.19. The Bertz CT molecular complexity index is 367. The van der Waals surface area contributed by atoms with Crippen LogP contribution in [0.25, 0.3) is 0 Å². The first-order chi connectivity index (χ1) is 8.19. The van der Waals surface area contributed by atoms with Crippen molar-refractivity contribution in [3.05, 3.63) is 34.9 Å². The van der Waals surface area contributed by atoms with E-state index < -0.39 is 0 Å². The summed E-state index contributed by atoms with van der Waals surface area (Å²) in [5, 5.41) is 4.23. The van der Waals surface area contributed by atoms with Gasteiger partial charge in [-0.2, -0.15) is 0 Å². The van der Waals surface area contributed by atoms with E-state index in [4.69, 9.17) is 11.6 Å². The van der Waals surface area contributed by atoms with Crippen LogP contribution in [-0.4, -0.2) is 31.1 Å². The zero-order valence-electron chi connectivity index (χ0n) is 10.6. The van der Waals surface area contributed by atoms with Gasteiger partial charge in [-0.1, -0.05) is 30.7 Å². The van der Waals surface area contributed by atoms with Crippen molar-refractivity contribution >= 4 is 11.6 Å². The molecule has 1 aliphatic heterocycles. The molecule has 0 aromatic heterocycles. The van der Waals surface area contributed by atoms with Gasteiger partial charge in [-0.15, -0.1) is 0 Å². The van der Waals surface area contributed by atoms with Gasteiger partial charge in [-0.25, -0.2) is 0 Å². The molecular weight excluding hydrogens is 232 g/mol. The van der Waals surface area contributed by atoms with Crippen molar-refractivity contribution in [2.24, 2.45) is 5.92 Å². The molecule has 1 aromatic carbocycles. The van der Waals surface area contributed by atoms with Gasteiger partial charge in [-0.3, -0.25) is 4.90 Å². The van der Waals surface area contributed by atoms with E-state index in [1.807, 2.05) is 12.1 Å². The second-order valence-corrected chi connectivity index (χ2v) is 5.46. The minimum absolute atomic E-state index is 0.672. The molecule has 0 saturated carbocycles. The average molecular weight is 253 g/mol. The summed E-state index contributed by atoms with van der Waals surface area (Å²) in [6.45, 7) is 5.67. The van der Waals surface area contributed by atoms with E-state index in [1.165, 1.54) is 18.5 Å². The number of hydrogen-bond donors (Lipinski definition) is 1. The molecule has 94 valence electrons. The van der Waals surface area contributed by atoms with Gasteiger partial charge in [0, 0.05) is 24.2 Å². The minimum atomic E-state index is 0.672. The number of rotatable bonds is 3. The molecule has 1 N–H and O–H groups in total. The Morgan fingerprint density at radius 3 is 2.94 bits per heavy atom. The summed E-state index contributed by atoms with van der Waals surface area (Å²) in [4.78, 5) is 2.52. The third-order valence-electron chi connectivity index (χ3n) is 3.66. The van der Waals surface area contributed by atoms with E-state index in [1.54, 1.807) is 0 Å². The molecule has 2 atom stereocenters. The lowest BCUT2D eigenvalue weighted by Crippen LogP contribution is -2.46. The maximum absolute atomic E-state index is 6.01. The van der Waals surface area contributed by atoms with Gasteiger partial charge < -0.3 is 5.32 Å². The quantitative estimate of drug-likeness (QED) is 0.890. The number of piperidine rings is 1. The fraction of sp³-hybridized carbons (Fsp3) is 0.571. The molecule has 1 fully saturated rings. The molecule has 0 radical (unpaired) electrons. The average Bonchev–Trinajstić information content (AvgIpc) is 2.29. The lowest BCUT2D eigenvalue weighted by molar-refractivity contribution is 0.145. The first kappa shape index (κ1) is 12.9. The molecule has 1 saturated heterocycles. The van der Waals surface area contributed by atoms with Gasteiger partial charge >= 0.3 is 0 Å². The lowest BCUT2D eigenvalue weighted by Gasteiger charge is -2.36. The van der Waals surface area contributed by atoms with Crippen LogP contribution in [0.4, 0.5) is 0 Å². The molecule has 0 aliphatic carbocycles. The van der Waals surface area contributed by atoms with Crippen molar-refractivity contribution in [1.82, 2.24) is 10.2 Å². The topological polar surface area (TPSA) is 15.3 Å². The van der Waals surface area contributed by atoms with Crippen molar-refractivity contribution in [2.75, 3.05) is 20.1 Å². The first-order valence-electron chi connectivity index (χ1n) is 6.33. The zero-order chi connectivity index (χ0) is 12.3. The van der Waals surface area contributed by atoms with E-state index >= 15 is 0 Å². The predicted octanol–water partition coefficient (Wildman–Crippen LogP) is 2.77. The van der Waals surface area contributed by atoms with Gasteiger partial charge in [-0.05, 0) is 43.6 Å². The highest BCUT2D eigenvalue weighted by Gasteiger charge is 2.24. The van der Waals surface area contributed by atoms with Crippen molar-refractivity contribution in [1.29, 1.82) is 0 Å². The SMILES string of the molecule is CNC1CCN(Cc2cccc(Cl)c2)CC1C. The van der Waals surface area contributed by atoms with Gasteiger partial charge in [0.1, 0.15) is 0 Å².